The van der Waals surface area contributed by atoms with Gasteiger partial charge in [-0.05, 0) is 64.3 Å². The number of likely N-dealkylation sites (N-methyl/N-ethyl adjacent to an activating group) is 1. The lowest BCUT2D eigenvalue weighted by Crippen LogP contribution is -2.55. The van der Waals surface area contributed by atoms with Gasteiger partial charge in [0.2, 0.25) is 0 Å². The predicted molar refractivity (Wildman–Crippen MR) is 170 cm³/mol. The van der Waals surface area contributed by atoms with E-state index in [0.717, 1.165) is 55.1 Å². The number of rotatable bonds is 8. The molecule has 2 amide bonds. The molecule has 3 saturated heterocycles. The Kier molecular flexibility index (Phi) is 9.09. The smallest absolute Gasteiger partial charge is 0.407 e. The number of nitrogens with two attached hydrogens (primary N) is 1. The van der Waals surface area contributed by atoms with Gasteiger partial charge in [0.25, 0.3) is 5.91 Å². The van der Waals surface area contributed by atoms with Crippen LogP contribution in [0.2, 0.25) is 0 Å². The maximum atomic E-state index is 14.0. The molecule has 3 aliphatic heterocycles. The predicted octanol–water partition coefficient (Wildman–Crippen LogP) is 3.22. The van der Waals surface area contributed by atoms with Gasteiger partial charge in [-0.3, -0.25) is 4.79 Å². The molecule has 5 heterocycles. The van der Waals surface area contributed by atoms with Crippen LogP contribution in [0.15, 0.2) is 18.3 Å². The summed E-state index contributed by atoms with van der Waals surface area (Å²) in [5, 5.41) is 27.4. The van der Waals surface area contributed by atoms with Gasteiger partial charge in [0, 0.05) is 37.7 Å². The van der Waals surface area contributed by atoms with Crippen molar-refractivity contribution in [3.8, 4) is 12.1 Å². The Balaban J connectivity index is 1.33. The second-order valence-electron chi connectivity index (χ2n) is 12.2. The van der Waals surface area contributed by atoms with E-state index in [-0.39, 0.29) is 61.5 Å². The molecule has 15 nitrogen and oxygen atoms in total. The number of carbonyl (C=O) groups is 2. The molecule has 3 fully saturated rings. The number of nitrogens with zero attached hydrogens (tertiary/aromatic N) is 8. The first-order chi connectivity index (χ1) is 22.2. The van der Waals surface area contributed by atoms with Crippen LogP contribution in [0.3, 0.4) is 0 Å². The highest BCUT2D eigenvalue weighted by Gasteiger charge is 2.34. The van der Waals surface area contributed by atoms with E-state index in [4.69, 9.17) is 15.2 Å². The third-order valence-corrected chi connectivity index (χ3v) is 9.21. The minimum Gasteiger partial charge on any atom is -0.465 e. The Morgan fingerprint density at radius 3 is 2.74 bits per heavy atom. The number of hydrogen-bond acceptors (Lipinski definition) is 11. The van der Waals surface area contributed by atoms with Gasteiger partial charge in [0.15, 0.2) is 17.7 Å². The van der Waals surface area contributed by atoms with Crippen molar-refractivity contribution in [2.24, 2.45) is 0 Å². The van der Waals surface area contributed by atoms with E-state index in [0.29, 0.717) is 18.9 Å². The number of nitrogens with one attached hydrogen (secondary N) is 1. The van der Waals surface area contributed by atoms with Crippen molar-refractivity contribution < 1.29 is 24.2 Å². The van der Waals surface area contributed by atoms with Crippen LogP contribution < -0.4 is 20.7 Å². The summed E-state index contributed by atoms with van der Waals surface area (Å²) in [4.78, 5) is 40.2. The molecule has 2 aromatic heterocycles. The number of carbonyl (C=O) groups excluding carboxylic acids is 1. The molecule has 0 aliphatic carbocycles. The monoisotopic (exact) mass is 632 g/mol. The third kappa shape index (κ3) is 6.22. The Labute approximate surface area is 266 Å². The van der Waals surface area contributed by atoms with Crippen molar-refractivity contribution in [3.05, 3.63) is 29.6 Å². The number of amides is 2. The van der Waals surface area contributed by atoms with Crippen LogP contribution in [0.5, 0.6) is 6.01 Å². The number of nitrogen functional groups attached to an aromatic ring is 1. The molecule has 3 aliphatic rings. The normalized spacial score (nSPS) is 22.2. The van der Waals surface area contributed by atoms with Crippen molar-refractivity contribution in [2.45, 2.75) is 63.8 Å². The maximum absolute atomic E-state index is 14.0. The van der Waals surface area contributed by atoms with Gasteiger partial charge in [0.05, 0.1) is 35.9 Å². The first-order valence-corrected chi connectivity index (χ1v) is 15.8. The highest BCUT2D eigenvalue weighted by Crippen LogP contribution is 2.34. The Bertz CT molecular complexity index is 1650. The molecule has 3 atom stereocenters. The molecule has 46 heavy (non-hydrogen) atoms. The molecule has 0 saturated carbocycles. The number of aryl methyl sites for hydroxylation is 1. The van der Waals surface area contributed by atoms with E-state index in [1.807, 2.05) is 30.8 Å². The Morgan fingerprint density at radius 2 is 2.02 bits per heavy atom. The molecule has 2 unspecified atom stereocenters. The van der Waals surface area contributed by atoms with Crippen LogP contribution in [0.25, 0.3) is 10.9 Å². The summed E-state index contributed by atoms with van der Waals surface area (Å²) in [6, 6.07) is 5.57. The molecular formula is C31H40N10O5. The fourth-order valence-electron chi connectivity index (χ4n) is 6.57. The molecule has 0 radical (unpaired) electrons. The minimum atomic E-state index is -1.09. The molecule has 244 valence electrons. The van der Waals surface area contributed by atoms with Gasteiger partial charge >= 0.3 is 12.1 Å². The fraction of sp³-hybridized carbons (Fsp3) is 0.548. The standard InChI is InChI=1S/C31H40N10O5/c1-19-8-9-23-22(16-34-41(23)24-7-3-4-15-45-24)26(19)35-29(42)27-25(33)28(37-30(36-27)46-18-21-6-5-12-38(21)2)39-13-14-40(31(43)44)20(17-39)10-11-32/h8-9,16,20-21,24H,3-7,10,12-15,17-18,33H2,1-2H3,(H,35,42)(H,43,44)/t20-,21?,24?/m0/s1. The highest BCUT2D eigenvalue weighted by molar-refractivity contribution is 6.11. The largest absolute Gasteiger partial charge is 0.465 e. The van der Waals surface area contributed by atoms with Crippen LogP contribution >= 0.6 is 0 Å². The van der Waals surface area contributed by atoms with Crippen LogP contribution in [0.4, 0.5) is 22.0 Å². The number of piperazine rings is 1. The van der Waals surface area contributed by atoms with E-state index < -0.39 is 18.0 Å². The zero-order valence-electron chi connectivity index (χ0n) is 26.2. The van der Waals surface area contributed by atoms with Gasteiger partial charge < -0.3 is 40.3 Å². The average Bonchev–Trinajstić information content (AvgIpc) is 3.68. The quantitative estimate of drug-likeness (QED) is 0.329. The number of carboxylic acid groups (broad SMARTS) is 1. The van der Waals surface area contributed by atoms with Crippen molar-refractivity contribution in [3.63, 3.8) is 0 Å². The second-order valence-corrected chi connectivity index (χ2v) is 12.2. The van der Waals surface area contributed by atoms with Crippen LogP contribution in [-0.4, -0.2) is 105 Å². The second kappa shape index (κ2) is 13.4. The van der Waals surface area contributed by atoms with Gasteiger partial charge in [-0.15, -0.1) is 0 Å². The molecular weight excluding hydrogens is 592 g/mol. The van der Waals surface area contributed by atoms with Crippen LogP contribution in [0.1, 0.15) is 60.8 Å². The lowest BCUT2D eigenvalue weighted by atomic mass is 10.1. The van der Waals surface area contributed by atoms with E-state index in [9.17, 15) is 20.0 Å². The molecule has 0 spiro atoms. The molecule has 6 rings (SSSR count). The number of hydrogen-bond donors (Lipinski definition) is 3. The molecule has 15 heteroatoms. The van der Waals surface area contributed by atoms with E-state index >= 15 is 0 Å². The van der Waals surface area contributed by atoms with Crippen molar-refractivity contribution in [1.82, 2.24) is 29.5 Å². The summed E-state index contributed by atoms with van der Waals surface area (Å²) >= 11 is 0. The van der Waals surface area contributed by atoms with E-state index in [1.165, 1.54) is 4.90 Å². The number of anilines is 3. The van der Waals surface area contributed by atoms with Crippen LogP contribution in [0, 0.1) is 18.3 Å². The lowest BCUT2D eigenvalue weighted by Gasteiger charge is -2.40. The number of nitriles is 1. The number of aromatic nitrogens is 4. The summed E-state index contributed by atoms with van der Waals surface area (Å²) in [6.45, 7) is 4.48. The van der Waals surface area contributed by atoms with E-state index in [2.05, 4.69) is 31.4 Å². The minimum absolute atomic E-state index is 0.00135. The molecule has 4 N–H and O–H groups in total. The van der Waals surface area contributed by atoms with Crippen molar-refractivity contribution >= 4 is 40.1 Å². The zero-order valence-corrected chi connectivity index (χ0v) is 26.2. The molecule has 3 aromatic rings. The summed E-state index contributed by atoms with van der Waals surface area (Å²) in [5.74, 6) is -0.279. The van der Waals surface area contributed by atoms with Crippen LogP contribution in [-0.2, 0) is 4.74 Å². The van der Waals surface area contributed by atoms with Gasteiger partial charge in [-0.2, -0.15) is 20.3 Å². The Morgan fingerprint density at radius 1 is 1.17 bits per heavy atom. The zero-order chi connectivity index (χ0) is 32.4. The Hall–Kier alpha value is -4.68. The first kappa shape index (κ1) is 31.3. The number of benzene rings is 1. The average molecular weight is 633 g/mol. The summed E-state index contributed by atoms with van der Waals surface area (Å²) in [5.41, 5.74) is 8.87. The van der Waals surface area contributed by atoms with E-state index in [1.54, 1.807) is 11.1 Å². The number of fused-ring (bicyclic) bond motifs is 1. The molecule has 0 bridgehead atoms. The van der Waals surface area contributed by atoms with Crippen molar-refractivity contribution in [2.75, 3.05) is 62.4 Å². The lowest BCUT2D eigenvalue weighted by molar-refractivity contribution is -0.0366. The number of likely N-dealkylation sites (tertiary alicyclic amines) is 1. The van der Waals surface area contributed by atoms with Gasteiger partial charge in [-0.1, -0.05) is 6.07 Å². The van der Waals surface area contributed by atoms with Gasteiger partial charge in [-0.25, -0.2) is 9.48 Å². The summed E-state index contributed by atoms with van der Waals surface area (Å²) in [7, 11) is 2.04. The first-order valence-electron chi connectivity index (χ1n) is 15.8. The summed E-state index contributed by atoms with van der Waals surface area (Å²) < 4.78 is 13.9. The molecule has 1 aromatic carbocycles. The number of ether oxygens (including phenoxy) is 2. The third-order valence-electron chi connectivity index (χ3n) is 9.21. The maximum Gasteiger partial charge on any atom is 0.407 e. The van der Waals surface area contributed by atoms with Gasteiger partial charge in [0.1, 0.15) is 12.3 Å². The SMILES string of the molecule is Cc1ccc2c(cnn2C2CCCCO2)c1NC(=O)c1nc(OCC2CCCN2C)nc(N2CCN(C(=O)O)[C@@H](CC#N)C2)c1N. The fourth-order valence-corrected chi connectivity index (χ4v) is 6.57. The summed E-state index contributed by atoms with van der Waals surface area (Å²) in [6.07, 6.45) is 5.45. The topological polar surface area (TPSA) is 188 Å². The van der Waals surface area contributed by atoms with Crippen molar-refractivity contribution in [1.29, 1.82) is 5.26 Å². The highest BCUT2D eigenvalue weighted by atomic mass is 16.5.